The van der Waals surface area contributed by atoms with E-state index in [0.717, 1.165) is 53.8 Å². The monoisotopic (exact) mass is 503 g/mol. The molecule has 0 bridgehead atoms. The van der Waals surface area contributed by atoms with Crippen LogP contribution in [0.4, 0.5) is 17.6 Å². The molecule has 2 heterocycles. The first-order chi connectivity index (χ1) is 16.8. The molecule has 0 spiro atoms. The molecule has 2 aliphatic carbocycles. The van der Waals surface area contributed by atoms with Crippen molar-refractivity contribution in [2.24, 2.45) is 5.41 Å². The highest BCUT2D eigenvalue weighted by molar-refractivity contribution is 7.08. The second-order valence-corrected chi connectivity index (χ2v) is 11.4. The van der Waals surface area contributed by atoms with Crippen molar-refractivity contribution in [1.82, 2.24) is 4.98 Å². The molecule has 0 amide bonds. The molecular weight excluding hydrogens is 470 g/mol. The molecule has 0 aliphatic heterocycles. The number of hydrogen-bond acceptors (Lipinski definition) is 2. The van der Waals surface area contributed by atoms with Gasteiger partial charge in [-0.1, -0.05) is 45.7 Å². The van der Waals surface area contributed by atoms with E-state index in [1.54, 1.807) is 23.5 Å². The van der Waals surface area contributed by atoms with Gasteiger partial charge in [0.15, 0.2) is 6.17 Å². The minimum Gasteiger partial charge on any atom is -0.257 e. The number of alkyl halides is 3. The SMILES string of the molecule is C[C@H]1CC(C)(C)Cc2nc(C3CCCC3)c(C(F)c3ccc(F)cc3)c(-c3ccsc3)c21.FCF. The van der Waals surface area contributed by atoms with E-state index >= 15 is 4.39 Å². The van der Waals surface area contributed by atoms with E-state index in [4.69, 9.17) is 4.98 Å². The predicted octanol–water partition coefficient (Wildman–Crippen LogP) is 9.62. The first kappa shape index (κ1) is 25.9. The van der Waals surface area contributed by atoms with E-state index in [1.165, 1.54) is 30.5 Å². The molecule has 35 heavy (non-hydrogen) atoms. The predicted molar refractivity (Wildman–Crippen MR) is 136 cm³/mol. The lowest BCUT2D eigenvalue weighted by Gasteiger charge is -2.38. The molecular formula is C29H33F4NS. The zero-order chi connectivity index (χ0) is 25.2. The fraction of sp³-hybridized carbons (Fsp3) is 0.483. The first-order valence-electron chi connectivity index (χ1n) is 12.4. The summed E-state index contributed by atoms with van der Waals surface area (Å²) in [6.07, 6.45) is 5.15. The molecule has 188 valence electrons. The first-order valence-corrected chi connectivity index (χ1v) is 13.3. The van der Waals surface area contributed by atoms with Crippen LogP contribution in [0.3, 0.4) is 0 Å². The van der Waals surface area contributed by atoms with Crippen LogP contribution in [0.25, 0.3) is 11.1 Å². The minimum absolute atomic E-state index is 0.186. The number of fused-ring (bicyclic) bond motifs is 1. The fourth-order valence-electron chi connectivity index (χ4n) is 6.09. The highest BCUT2D eigenvalue weighted by Gasteiger charge is 2.38. The fourth-order valence-corrected chi connectivity index (χ4v) is 6.74. The van der Waals surface area contributed by atoms with E-state index in [2.05, 4.69) is 37.6 Å². The summed E-state index contributed by atoms with van der Waals surface area (Å²) in [5.41, 5.74) is 6.91. The molecule has 0 N–H and O–H groups in total. The van der Waals surface area contributed by atoms with Crippen LogP contribution < -0.4 is 0 Å². The van der Waals surface area contributed by atoms with Gasteiger partial charge in [0.1, 0.15) is 5.82 Å². The zero-order valence-electron chi connectivity index (χ0n) is 20.6. The molecule has 1 nitrogen and oxygen atoms in total. The van der Waals surface area contributed by atoms with Crippen LogP contribution >= 0.6 is 11.3 Å². The maximum absolute atomic E-state index is 16.5. The van der Waals surface area contributed by atoms with Crippen molar-refractivity contribution in [3.63, 3.8) is 0 Å². The van der Waals surface area contributed by atoms with Gasteiger partial charge in [0, 0.05) is 17.2 Å². The number of thiophene rings is 1. The number of hydrogen-bond donors (Lipinski definition) is 0. The highest BCUT2D eigenvalue weighted by atomic mass is 32.1. The molecule has 0 saturated heterocycles. The number of nitrogens with zero attached hydrogens (tertiary/aromatic N) is 1. The molecule has 1 fully saturated rings. The molecule has 2 atom stereocenters. The van der Waals surface area contributed by atoms with Crippen LogP contribution in [0.1, 0.15) is 99.0 Å². The Labute approximate surface area is 209 Å². The van der Waals surface area contributed by atoms with Crippen LogP contribution in [0.2, 0.25) is 0 Å². The van der Waals surface area contributed by atoms with Crippen LogP contribution in [0.5, 0.6) is 0 Å². The second-order valence-electron chi connectivity index (χ2n) is 10.6. The maximum Gasteiger partial charge on any atom is 0.229 e. The average molecular weight is 504 g/mol. The molecule has 6 heteroatoms. The lowest BCUT2D eigenvalue weighted by atomic mass is 9.68. The Morgan fingerprint density at radius 2 is 1.74 bits per heavy atom. The van der Waals surface area contributed by atoms with Gasteiger partial charge in [0.25, 0.3) is 0 Å². The van der Waals surface area contributed by atoms with E-state index < -0.39 is 13.1 Å². The molecule has 0 radical (unpaired) electrons. The zero-order valence-corrected chi connectivity index (χ0v) is 21.4. The molecule has 1 aromatic carbocycles. The van der Waals surface area contributed by atoms with Gasteiger partial charge < -0.3 is 0 Å². The van der Waals surface area contributed by atoms with E-state index in [-0.39, 0.29) is 11.2 Å². The summed E-state index contributed by atoms with van der Waals surface area (Å²) in [6, 6.07) is 8.01. The van der Waals surface area contributed by atoms with Crippen LogP contribution in [0, 0.1) is 11.2 Å². The Bertz CT molecular complexity index is 1120. The average Bonchev–Trinajstić information content (AvgIpc) is 3.52. The maximum atomic E-state index is 16.5. The van der Waals surface area contributed by atoms with Crippen molar-refractivity contribution in [3.8, 4) is 11.1 Å². The number of benzene rings is 1. The largest absolute Gasteiger partial charge is 0.257 e. The third-order valence-corrected chi connectivity index (χ3v) is 8.03. The van der Waals surface area contributed by atoms with Gasteiger partial charge >= 0.3 is 0 Å². The highest BCUT2D eigenvalue weighted by Crippen LogP contribution is 2.51. The lowest BCUT2D eigenvalue weighted by molar-refractivity contribution is 0.283. The topological polar surface area (TPSA) is 12.9 Å². The minimum atomic E-state index is -1.75. The lowest BCUT2D eigenvalue weighted by Crippen LogP contribution is -2.28. The number of aromatic nitrogens is 1. The number of pyridine rings is 1. The van der Waals surface area contributed by atoms with E-state index in [0.29, 0.717) is 17.4 Å². The van der Waals surface area contributed by atoms with E-state index in [1.807, 2.05) is 0 Å². The third kappa shape index (κ3) is 5.47. The summed E-state index contributed by atoms with van der Waals surface area (Å²) in [7, 11) is 0. The van der Waals surface area contributed by atoms with E-state index in [9.17, 15) is 13.2 Å². The van der Waals surface area contributed by atoms with Crippen molar-refractivity contribution < 1.29 is 17.6 Å². The summed E-state index contributed by atoms with van der Waals surface area (Å²) in [5, 5.41) is 4.21. The summed E-state index contributed by atoms with van der Waals surface area (Å²) in [5.74, 6) is 0.272. The van der Waals surface area contributed by atoms with Crippen molar-refractivity contribution in [1.29, 1.82) is 0 Å². The third-order valence-electron chi connectivity index (χ3n) is 7.35. The Morgan fingerprint density at radius 1 is 1.09 bits per heavy atom. The molecule has 5 rings (SSSR count). The quantitative estimate of drug-likeness (QED) is 0.323. The van der Waals surface area contributed by atoms with Gasteiger partial charge in [-0.2, -0.15) is 11.3 Å². The molecule has 2 aliphatic rings. The van der Waals surface area contributed by atoms with Gasteiger partial charge in [-0.15, -0.1) is 0 Å². The van der Waals surface area contributed by atoms with Crippen molar-refractivity contribution in [2.45, 2.75) is 77.3 Å². The van der Waals surface area contributed by atoms with Gasteiger partial charge in [-0.3, -0.25) is 4.98 Å². The normalized spacial score (nSPS) is 20.1. The molecule has 3 aromatic rings. The Morgan fingerprint density at radius 3 is 2.34 bits per heavy atom. The number of rotatable bonds is 4. The van der Waals surface area contributed by atoms with Gasteiger partial charge in [0.05, 0.1) is 5.69 Å². The summed E-state index contributed by atoms with van der Waals surface area (Å²) < 4.78 is 49.3. The van der Waals surface area contributed by atoms with Gasteiger partial charge in [0.2, 0.25) is 6.93 Å². The molecule has 1 saturated carbocycles. The molecule has 2 aromatic heterocycles. The molecule has 1 unspecified atom stereocenters. The second kappa shape index (κ2) is 10.8. The summed E-state index contributed by atoms with van der Waals surface area (Å²) >= 11 is 1.65. The Kier molecular flexibility index (Phi) is 7.99. The van der Waals surface area contributed by atoms with Gasteiger partial charge in [-0.25, -0.2) is 17.6 Å². The van der Waals surface area contributed by atoms with Crippen molar-refractivity contribution in [2.75, 3.05) is 6.93 Å². The number of halogens is 4. The summed E-state index contributed by atoms with van der Waals surface area (Å²) in [4.78, 5) is 5.27. The standard InChI is InChI=1S/C28H31F2NS.CH2F2/c1-17-14-28(2,3)15-22-23(17)24(20-12-13-32-16-20)25(27(31-22)19-6-4-5-7-19)26(30)18-8-10-21(29)11-9-18;2-1-3/h8-13,16-17,19,26H,4-7,14-15H2,1-3H3;1H2/t17-,26?;/m0./s1. The Balaban J connectivity index is 0.000000917. The van der Waals surface area contributed by atoms with Crippen LogP contribution in [-0.4, -0.2) is 11.9 Å². The van der Waals surface area contributed by atoms with Gasteiger partial charge in [-0.05, 0) is 88.2 Å². The van der Waals surface area contributed by atoms with Crippen molar-refractivity contribution >= 4 is 11.3 Å². The van der Waals surface area contributed by atoms with Crippen LogP contribution in [-0.2, 0) is 6.42 Å². The smallest absolute Gasteiger partial charge is 0.229 e. The Hall–Kier alpha value is -2.21. The summed E-state index contributed by atoms with van der Waals surface area (Å²) in [6.45, 7) is 5.15. The van der Waals surface area contributed by atoms with Crippen molar-refractivity contribution in [3.05, 3.63) is 75.0 Å². The van der Waals surface area contributed by atoms with Crippen LogP contribution in [0.15, 0.2) is 41.1 Å².